The Morgan fingerprint density at radius 3 is 2.47 bits per heavy atom. The summed E-state index contributed by atoms with van der Waals surface area (Å²) in [6.07, 6.45) is 5.54. The van der Waals surface area contributed by atoms with Crippen LogP contribution in [0.25, 0.3) is 5.95 Å². The van der Waals surface area contributed by atoms with Crippen molar-refractivity contribution < 1.29 is 0 Å². The molecule has 0 radical (unpaired) electrons. The molecule has 2 rings (SSSR count). The molecule has 0 amide bonds. The maximum absolute atomic E-state index is 4.39. The molecule has 19 heavy (non-hydrogen) atoms. The van der Waals surface area contributed by atoms with Crippen molar-refractivity contribution in [2.45, 2.75) is 32.7 Å². The molecule has 102 valence electrons. The Hall–Kier alpha value is -2.18. The number of hydrogen-bond acceptors (Lipinski definition) is 6. The van der Waals surface area contributed by atoms with Gasteiger partial charge >= 0.3 is 0 Å². The molecule has 0 aliphatic heterocycles. The van der Waals surface area contributed by atoms with Crippen molar-refractivity contribution in [1.82, 2.24) is 24.7 Å². The summed E-state index contributed by atoms with van der Waals surface area (Å²) in [6, 6.07) is 2.19. The predicted octanol–water partition coefficient (Wildman–Crippen LogP) is 1.70. The first-order chi connectivity index (χ1) is 9.26. The summed E-state index contributed by atoms with van der Waals surface area (Å²) in [6.45, 7) is 4.27. The molecule has 0 saturated heterocycles. The van der Waals surface area contributed by atoms with Crippen LogP contribution < -0.4 is 10.6 Å². The minimum absolute atomic E-state index is 0.359. The first kappa shape index (κ1) is 13.3. The Labute approximate surface area is 112 Å². The third-order valence-electron chi connectivity index (χ3n) is 2.88. The number of hydrogen-bond donors (Lipinski definition) is 2. The summed E-state index contributed by atoms with van der Waals surface area (Å²) in [5.74, 6) is 1.59. The molecule has 0 bridgehead atoms. The van der Waals surface area contributed by atoms with Crippen molar-refractivity contribution in [1.29, 1.82) is 0 Å². The summed E-state index contributed by atoms with van der Waals surface area (Å²) in [5.41, 5.74) is 0. The van der Waals surface area contributed by atoms with Crippen LogP contribution in [0.2, 0.25) is 0 Å². The normalized spacial score (nSPS) is 10.7. The van der Waals surface area contributed by atoms with Gasteiger partial charge in [0.15, 0.2) is 0 Å². The average Bonchev–Trinajstić information content (AvgIpc) is 2.98. The predicted molar refractivity (Wildman–Crippen MR) is 74.5 cm³/mol. The van der Waals surface area contributed by atoms with Gasteiger partial charge < -0.3 is 10.6 Å². The molecule has 0 unspecified atom stereocenters. The van der Waals surface area contributed by atoms with Crippen LogP contribution in [-0.4, -0.2) is 37.8 Å². The zero-order chi connectivity index (χ0) is 13.7. The van der Waals surface area contributed by atoms with Crippen molar-refractivity contribution in [2.75, 3.05) is 17.7 Å². The van der Waals surface area contributed by atoms with Gasteiger partial charge in [-0.3, -0.25) is 0 Å². The van der Waals surface area contributed by atoms with Gasteiger partial charge in [0.2, 0.25) is 11.9 Å². The first-order valence-electron chi connectivity index (χ1n) is 6.47. The average molecular weight is 261 g/mol. The largest absolute Gasteiger partial charge is 0.357 e. The number of rotatable bonds is 6. The minimum atomic E-state index is 0.359. The second-order valence-corrected chi connectivity index (χ2v) is 4.14. The Balaban J connectivity index is 2.31. The molecule has 0 aliphatic carbocycles. The van der Waals surface area contributed by atoms with E-state index in [0.29, 0.717) is 23.9 Å². The van der Waals surface area contributed by atoms with Crippen molar-refractivity contribution >= 4 is 11.9 Å². The maximum Gasteiger partial charge on any atom is 0.257 e. The van der Waals surface area contributed by atoms with Crippen LogP contribution in [0, 0.1) is 0 Å². The molecule has 7 heteroatoms. The van der Waals surface area contributed by atoms with E-state index in [1.807, 2.05) is 6.07 Å². The van der Waals surface area contributed by atoms with Gasteiger partial charge in [0, 0.05) is 25.5 Å². The zero-order valence-corrected chi connectivity index (χ0v) is 11.5. The Kier molecular flexibility index (Phi) is 4.27. The fourth-order valence-corrected chi connectivity index (χ4v) is 1.71. The highest BCUT2D eigenvalue weighted by molar-refractivity contribution is 5.37. The highest BCUT2D eigenvalue weighted by Crippen LogP contribution is 2.11. The van der Waals surface area contributed by atoms with E-state index in [4.69, 9.17) is 0 Å². The van der Waals surface area contributed by atoms with Gasteiger partial charge in [0.1, 0.15) is 0 Å². The lowest BCUT2D eigenvalue weighted by Gasteiger charge is -2.15. The van der Waals surface area contributed by atoms with E-state index in [0.717, 1.165) is 12.8 Å². The Morgan fingerprint density at radius 2 is 1.89 bits per heavy atom. The van der Waals surface area contributed by atoms with Crippen LogP contribution in [0.5, 0.6) is 0 Å². The Morgan fingerprint density at radius 1 is 1.16 bits per heavy atom. The van der Waals surface area contributed by atoms with E-state index in [9.17, 15) is 0 Å². The number of aromatic nitrogens is 5. The number of nitrogens with zero attached hydrogens (tertiary/aromatic N) is 5. The van der Waals surface area contributed by atoms with Gasteiger partial charge in [-0.25, -0.2) is 4.68 Å². The first-order valence-corrected chi connectivity index (χ1v) is 6.47. The van der Waals surface area contributed by atoms with E-state index in [1.54, 1.807) is 24.1 Å². The highest BCUT2D eigenvalue weighted by atomic mass is 15.4. The van der Waals surface area contributed by atoms with E-state index in [1.165, 1.54) is 0 Å². The second kappa shape index (κ2) is 6.12. The molecule has 7 nitrogen and oxygen atoms in total. The van der Waals surface area contributed by atoms with Crippen LogP contribution in [0.1, 0.15) is 26.7 Å². The van der Waals surface area contributed by atoms with Crippen LogP contribution in [0.3, 0.4) is 0 Å². The van der Waals surface area contributed by atoms with E-state index < -0.39 is 0 Å². The highest BCUT2D eigenvalue weighted by Gasteiger charge is 2.10. The van der Waals surface area contributed by atoms with E-state index >= 15 is 0 Å². The summed E-state index contributed by atoms with van der Waals surface area (Å²) in [7, 11) is 1.78. The molecule has 0 fully saturated rings. The van der Waals surface area contributed by atoms with Gasteiger partial charge in [0.25, 0.3) is 5.95 Å². The van der Waals surface area contributed by atoms with Crippen molar-refractivity contribution in [3.8, 4) is 5.95 Å². The lowest BCUT2D eigenvalue weighted by atomic mass is 10.2. The van der Waals surface area contributed by atoms with Gasteiger partial charge in [-0.15, -0.1) is 0 Å². The van der Waals surface area contributed by atoms with Crippen LogP contribution >= 0.6 is 0 Å². The van der Waals surface area contributed by atoms with Crippen LogP contribution in [-0.2, 0) is 0 Å². The molecule has 0 aromatic carbocycles. The summed E-state index contributed by atoms with van der Waals surface area (Å²) < 4.78 is 1.61. The van der Waals surface area contributed by atoms with Crippen molar-refractivity contribution in [3.05, 3.63) is 18.5 Å². The molecule has 0 atom stereocenters. The fourth-order valence-electron chi connectivity index (χ4n) is 1.71. The van der Waals surface area contributed by atoms with Crippen molar-refractivity contribution in [2.24, 2.45) is 0 Å². The summed E-state index contributed by atoms with van der Waals surface area (Å²) in [4.78, 5) is 13.0. The third kappa shape index (κ3) is 3.18. The lowest BCUT2D eigenvalue weighted by molar-refractivity contribution is 0.661. The van der Waals surface area contributed by atoms with Gasteiger partial charge in [-0.05, 0) is 18.9 Å². The molecule has 2 heterocycles. The van der Waals surface area contributed by atoms with Crippen molar-refractivity contribution in [3.63, 3.8) is 0 Å². The topological polar surface area (TPSA) is 80.5 Å². The SMILES string of the molecule is CCC(CC)Nc1nc(NC)nc(-n2cccn2)n1. The molecule has 0 saturated carbocycles. The molecule has 0 spiro atoms. The third-order valence-corrected chi connectivity index (χ3v) is 2.88. The van der Waals surface area contributed by atoms with E-state index in [-0.39, 0.29) is 0 Å². The number of nitrogens with one attached hydrogen (secondary N) is 2. The van der Waals surface area contributed by atoms with Gasteiger partial charge in [-0.2, -0.15) is 20.1 Å². The minimum Gasteiger partial charge on any atom is -0.357 e. The van der Waals surface area contributed by atoms with Crippen LogP contribution in [0.15, 0.2) is 18.5 Å². The number of anilines is 2. The quantitative estimate of drug-likeness (QED) is 0.823. The molecular formula is C12H19N7. The smallest absolute Gasteiger partial charge is 0.257 e. The molecule has 2 aromatic rings. The molecule has 2 aromatic heterocycles. The van der Waals surface area contributed by atoms with Gasteiger partial charge in [-0.1, -0.05) is 13.8 Å². The molecular weight excluding hydrogens is 242 g/mol. The van der Waals surface area contributed by atoms with Gasteiger partial charge in [0.05, 0.1) is 0 Å². The van der Waals surface area contributed by atoms with Crippen LogP contribution in [0.4, 0.5) is 11.9 Å². The second-order valence-electron chi connectivity index (χ2n) is 4.14. The summed E-state index contributed by atoms with van der Waals surface area (Å²) in [5, 5.41) is 10.4. The molecule has 2 N–H and O–H groups in total. The molecule has 0 aliphatic rings. The lowest BCUT2D eigenvalue weighted by Crippen LogP contribution is -2.20. The monoisotopic (exact) mass is 261 g/mol. The van der Waals surface area contributed by atoms with E-state index in [2.05, 4.69) is 44.5 Å². The summed E-state index contributed by atoms with van der Waals surface area (Å²) >= 11 is 0. The Bertz CT molecular complexity index is 505. The maximum atomic E-state index is 4.39. The standard InChI is InChI=1S/C12H19N7/c1-4-9(5-2)15-11-16-10(13-3)17-12(18-11)19-8-6-7-14-19/h6-9H,4-5H2,1-3H3,(H2,13,15,16,17,18). The fraction of sp³-hybridized carbons (Fsp3) is 0.500. The zero-order valence-electron chi connectivity index (χ0n) is 11.5.